The van der Waals surface area contributed by atoms with E-state index in [-0.39, 0.29) is 12.5 Å². The van der Waals surface area contributed by atoms with Gasteiger partial charge in [-0.25, -0.2) is 4.79 Å². The second kappa shape index (κ2) is 6.64. The number of hydrogen-bond donors (Lipinski definition) is 0. The van der Waals surface area contributed by atoms with Gasteiger partial charge < -0.3 is 14.1 Å². The Morgan fingerprint density at radius 1 is 1.11 bits per heavy atom. The predicted molar refractivity (Wildman–Crippen MR) is 106 cm³/mol. The molecule has 0 N–H and O–H groups in total. The zero-order valence-electron chi connectivity index (χ0n) is 16.4. The molecule has 1 aromatic heterocycles. The highest BCUT2D eigenvalue weighted by Crippen LogP contribution is 2.60. The highest BCUT2D eigenvalue weighted by molar-refractivity contribution is 5.79. The fourth-order valence-corrected chi connectivity index (χ4v) is 6.46. The van der Waals surface area contributed by atoms with Gasteiger partial charge in [0.1, 0.15) is 11.3 Å². The summed E-state index contributed by atoms with van der Waals surface area (Å²) in [5.41, 5.74) is 0.418. The number of carbonyl (C=O) groups excluding carboxylic acids is 1. The van der Waals surface area contributed by atoms with Gasteiger partial charge >= 0.3 is 5.63 Å². The smallest absolute Gasteiger partial charge is 0.336 e. The first kappa shape index (κ1) is 17.8. The van der Waals surface area contributed by atoms with E-state index in [2.05, 4.69) is 0 Å². The van der Waals surface area contributed by atoms with Gasteiger partial charge in [-0.3, -0.25) is 4.79 Å². The molecule has 4 fully saturated rings. The third-order valence-corrected chi connectivity index (χ3v) is 7.12. The first-order valence-electron chi connectivity index (χ1n) is 10.4. The van der Waals surface area contributed by atoms with Gasteiger partial charge in [0, 0.05) is 31.1 Å². The van der Waals surface area contributed by atoms with E-state index in [1.54, 1.807) is 18.2 Å². The van der Waals surface area contributed by atoms with Crippen molar-refractivity contribution >= 4 is 16.9 Å². The van der Waals surface area contributed by atoms with Crippen molar-refractivity contribution in [2.24, 2.45) is 23.2 Å². The molecule has 1 amide bonds. The van der Waals surface area contributed by atoms with Crippen molar-refractivity contribution in [3.63, 3.8) is 0 Å². The van der Waals surface area contributed by atoms with E-state index in [4.69, 9.17) is 9.15 Å². The van der Waals surface area contributed by atoms with Gasteiger partial charge in [0.25, 0.3) is 5.91 Å². The van der Waals surface area contributed by atoms with Crippen LogP contribution in [0.5, 0.6) is 5.75 Å². The van der Waals surface area contributed by atoms with E-state index in [0.29, 0.717) is 16.7 Å². The lowest BCUT2D eigenvalue weighted by Crippen LogP contribution is -2.51. The molecule has 0 atom stereocenters. The van der Waals surface area contributed by atoms with Crippen LogP contribution in [0.3, 0.4) is 0 Å². The average Bonchev–Trinajstić information content (AvgIpc) is 2.64. The number of carbonyl (C=O) groups is 1. The summed E-state index contributed by atoms with van der Waals surface area (Å²) in [4.78, 5) is 25.9. The van der Waals surface area contributed by atoms with Gasteiger partial charge in [-0.15, -0.1) is 0 Å². The van der Waals surface area contributed by atoms with Gasteiger partial charge in [0.2, 0.25) is 0 Å². The Hall–Kier alpha value is -2.30. The van der Waals surface area contributed by atoms with Crippen LogP contribution in [0.15, 0.2) is 39.5 Å². The number of amides is 1. The van der Waals surface area contributed by atoms with Crippen LogP contribution in [0.2, 0.25) is 0 Å². The zero-order chi connectivity index (χ0) is 19.3. The Morgan fingerprint density at radius 3 is 2.43 bits per heavy atom. The monoisotopic (exact) mass is 381 g/mol. The quantitative estimate of drug-likeness (QED) is 0.738. The summed E-state index contributed by atoms with van der Waals surface area (Å²) in [5.74, 6) is 3.21. The van der Waals surface area contributed by atoms with E-state index in [0.717, 1.165) is 29.7 Å². The van der Waals surface area contributed by atoms with Crippen LogP contribution in [0.1, 0.15) is 38.5 Å². The molecular formula is C23H27NO4. The molecule has 148 valence electrons. The lowest BCUT2D eigenvalue weighted by molar-refractivity contribution is -0.137. The highest BCUT2D eigenvalue weighted by atomic mass is 16.5. The fourth-order valence-electron chi connectivity index (χ4n) is 6.46. The number of ether oxygens (including phenoxy) is 1. The Morgan fingerprint density at radius 2 is 1.75 bits per heavy atom. The SMILES string of the molecule is CN(CC12CC3CC(CC(C3)C1)C2)C(=O)COc1ccc2ccc(=O)oc2c1. The molecule has 0 spiro atoms. The van der Waals surface area contributed by atoms with Crippen molar-refractivity contribution in [3.05, 3.63) is 40.8 Å². The molecule has 4 saturated carbocycles. The molecule has 0 saturated heterocycles. The standard InChI is InChI=1S/C23H27NO4/c1-24(14-23-10-15-6-16(11-23)8-17(7-15)12-23)21(25)13-27-19-4-2-18-3-5-22(26)28-20(18)9-19/h2-5,9,15-17H,6-8,10-14H2,1H3. The Labute approximate surface area is 164 Å². The lowest BCUT2D eigenvalue weighted by atomic mass is 9.49. The molecule has 5 nitrogen and oxygen atoms in total. The first-order valence-corrected chi connectivity index (χ1v) is 10.4. The minimum atomic E-state index is -0.393. The van der Waals surface area contributed by atoms with Crippen LogP contribution in [0.25, 0.3) is 11.0 Å². The number of rotatable bonds is 5. The number of nitrogens with zero attached hydrogens (tertiary/aromatic N) is 1. The van der Waals surface area contributed by atoms with Crippen molar-refractivity contribution in [2.45, 2.75) is 38.5 Å². The Bertz CT molecular complexity index is 927. The topological polar surface area (TPSA) is 59.8 Å². The maximum Gasteiger partial charge on any atom is 0.336 e. The van der Waals surface area contributed by atoms with E-state index in [1.807, 2.05) is 18.0 Å². The molecule has 1 heterocycles. The third kappa shape index (κ3) is 3.31. The van der Waals surface area contributed by atoms with Crippen molar-refractivity contribution in [1.82, 2.24) is 4.90 Å². The summed E-state index contributed by atoms with van der Waals surface area (Å²) in [6, 6.07) is 8.41. The maximum atomic E-state index is 12.7. The van der Waals surface area contributed by atoms with E-state index in [9.17, 15) is 9.59 Å². The number of hydrogen-bond acceptors (Lipinski definition) is 4. The minimum Gasteiger partial charge on any atom is -0.484 e. The summed E-state index contributed by atoms with van der Waals surface area (Å²) in [7, 11) is 1.91. The molecule has 28 heavy (non-hydrogen) atoms. The average molecular weight is 381 g/mol. The van der Waals surface area contributed by atoms with Crippen molar-refractivity contribution < 1.29 is 13.9 Å². The molecule has 6 rings (SSSR count). The van der Waals surface area contributed by atoms with Gasteiger partial charge in [0.15, 0.2) is 6.61 Å². The zero-order valence-corrected chi connectivity index (χ0v) is 16.4. The minimum absolute atomic E-state index is 0.00496. The normalized spacial score (nSPS) is 30.5. The third-order valence-electron chi connectivity index (χ3n) is 7.12. The van der Waals surface area contributed by atoms with Crippen LogP contribution in [-0.2, 0) is 4.79 Å². The summed E-state index contributed by atoms with van der Waals surface area (Å²) in [5, 5.41) is 0.831. The molecule has 0 aliphatic heterocycles. The molecule has 0 radical (unpaired) electrons. The molecule has 0 unspecified atom stereocenters. The van der Waals surface area contributed by atoms with Crippen LogP contribution in [0, 0.1) is 23.2 Å². The maximum absolute atomic E-state index is 12.7. The van der Waals surface area contributed by atoms with E-state index < -0.39 is 5.63 Å². The summed E-state index contributed by atoms with van der Waals surface area (Å²) in [6.45, 7) is 0.858. The lowest BCUT2D eigenvalue weighted by Gasteiger charge is -2.57. The molecule has 4 bridgehead atoms. The molecule has 4 aliphatic rings. The van der Waals surface area contributed by atoms with Crippen molar-refractivity contribution in [2.75, 3.05) is 20.2 Å². The van der Waals surface area contributed by atoms with E-state index >= 15 is 0 Å². The fraction of sp³-hybridized carbons (Fsp3) is 0.565. The van der Waals surface area contributed by atoms with Crippen LogP contribution >= 0.6 is 0 Å². The Balaban J connectivity index is 1.22. The molecule has 2 aromatic rings. The van der Waals surface area contributed by atoms with Crippen LogP contribution in [0.4, 0.5) is 0 Å². The predicted octanol–water partition coefficient (Wildman–Crippen LogP) is 3.85. The van der Waals surface area contributed by atoms with Gasteiger partial charge in [0.05, 0.1) is 0 Å². The Kier molecular flexibility index (Phi) is 4.22. The molecule has 1 aromatic carbocycles. The van der Waals surface area contributed by atoms with Gasteiger partial charge in [-0.1, -0.05) is 0 Å². The number of benzene rings is 1. The summed E-state index contributed by atoms with van der Waals surface area (Å²) in [6.07, 6.45) is 8.12. The van der Waals surface area contributed by atoms with Crippen molar-refractivity contribution in [3.8, 4) is 5.75 Å². The highest BCUT2D eigenvalue weighted by Gasteiger charge is 2.51. The largest absolute Gasteiger partial charge is 0.484 e. The second-order valence-electron chi connectivity index (χ2n) is 9.41. The molecule has 4 aliphatic carbocycles. The number of likely N-dealkylation sites (N-methyl/N-ethyl adjacent to an activating group) is 1. The van der Waals surface area contributed by atoms with E-state index in [1.165, 1.54) is 44.6 Å². The van der Waals surface area contributed by atoms with Crippen LogP contribution < -0.4 is 10.4 Å². The molecular weight excluding hydrogens is 354 g/mol. The van der Waals surface area contributed by atoms with Gasteiger partial charge in [-0.2, -0.15) is 0 Å². The van der Waals surface area contributed by atoms with Crippen molar-refractivity contribution in [1.29, 1.82) is 0 Å². The van der Waals surface area contributed by atoms with Crippen LogP contribution in [-0.4, -0.2) is 31.0 Å². The summed E-state index contributed by atoms with van der Waals surface area (Å²) >= 11 is 0. The second-order valence-corrected chi connectivity index (χ2v) is 9.41. The first-order chi connectivity index (χ1) is 13.5. The van der Waals surface area contributed by atoms with Gasteiger partial charge in [-0.05, 0) is 79.9 Å². The number of fused-ring (bicyclic) bond motifs is 1. The summed E-state index contributed by atoms with van der Waals surface area (Å²) < 4.78 is 10.9. The molecule has 5 heteroatoms.